The van der Waals surface area contributed by atoms with Gasteiger partial charge in [-0.1, -0.05) is 11.6 Å². The Hall–Kier alpha value is -2.54. The number of hydrogen-bond acceptors (Lipinski definition) is 4. The van der Waals surface area contributed by atoms with E-state index < -0.39 is 10.7 Å². The molecule has 0 aliphatic rings. The van der Waals surface area contributed by atoms with Crippen molar-refractivity contribution in [3.05, 3.63) is 51.4 Å². The standard InChI is InChI=1S/C13H8ClFN4O2/c1-18-12(19(20)21)6-16-13(18)11-5-9(14)8-4-7(15)2-3-10(8)17-11/h2-6H,1H3. The van der Waals surface area contributed by atoms with Crippen LogP contribution in [0.3, 0.4) is 0 Å². The van der Waals surface area contributed by atoms with Crippen LogP contribution in [0.25, 0.3) is 22.4 Å². The summed E-state index contributed by atoms with van der Waals surface area (Å²) in [6.45, 7) is 0. The summed E-state index contributed by atoms with van der Waals surface area (Å²) >= 11 is 6.13. The van der Waals surface area contributed by atoms with Gasteiger partial charge in [0.25, 0.3) is 0 Å². The molecule has 0 spiro atoms. The lowest BCUT2D eigenvalue weighted by molar-refractivity contribution is -0.391. The maximum absolute atomic E-state index is 13.2. The summed E-state index contributed by atoms with van der Waals surface area (Å²) < 4.78 is 14.5. The Morgan fingerprint density at radius 2 is 2.14 bits per heavy atom. The van der Waals surface area contributed by atoms with E-state index in [1.165, 1.54) is 35.9 Å². The van der Waals surface area contributed by atoms with Gasteiger partial charge in [0, 0.05) is 5.39 Å². The molecule has 106 valence electrons. The predicted molar refractivity (Wildman–Crippen MR) is 75.6 cm³/mol. The predicted octanol–water partition coefficient (Wildman–Crippen LogP) is 3.34. The number of hydrogen-bond donors (Lipinski definition) is 0. The average Bonchev–Trinajstić information content (AvgIpc) is 2.81. The second kappa shape index (κ2) is 4.78. The highest BCUT2D eigenvalue weighted by Gasteiger charge is 2.20. The van der Waals surface area contributed by atoms with Crippen LogP contribution in [0.4, 0.5) is 10.2 Å². The normalized spacial score (nSPS) is 11.0. The Morgan fingerprint density at radius 1 is 1.38 bits per heavy atom. The molecule has 0 N–H and O–H groups in total. The first kappa shape index (κ1) is 13.4. The Balaban J connectivity index is 2.22. The minimum absolute atomic E-state index is 0.151. The second-order valence-electron chi connectivity index (χ2n) is 4.41. The fourth-order valence-corrected chi connectivity index (χ4v) is 2.33. The maximum atomic E-state index is 13.2. The molecule has 2 heterocycles. The average molecular weight is 307 g/mol. The van der Waals surface area contributed by atoms with E-state index in [1.54, 1.807) is 0 Å². The van der Waals surface area contributed by atoms with Gasteiger partial charge in [0.1, 0.15) is 17.7 Å². The van der Waals surface area contributed by atoms with Crippen LogP contribution >= 0.6 is 11.6 Å². The van der Waals surface area contributed by atoms with Gasteiger partial charge in [0.05, 0.1) is 17.6 Å². The lowest BCUT2D eigenvalue weighted by Crippen LogP contribution is -2.00. The zero-order chi connectivity index (χ0) is 15.1. The van der Waals surface area contributed by atoms with Crippen molar-refractivity contribution in [1.29, 1.82) is 0 Å². The number of pyridine rings is 1. The minimum atomic E-state index is -0.533. The molecule has 6 nitrogen and oxygen atoms in total. The lowest BCUT2D eigenvalue weighted by Gasteiger charge is -2.04. The summed E-state index contributed by atoms with van der Waals surface area (Å²) in [5.74, 6) is -0.247. The quantitative estimate of drug-likeness (QED) is 0.537. The molecular weight excluding hydrogens is 299 g/mol. The first-order chi connectivity index (χ1) is 9.97. The number of nitrogens with zero attached hydrogens (tertiary/aromatic N) is 4. The van der Waals surface area contributed by atoms with Gasteiger partial charge in [0.15, 0.2) is 0 Å². The number of benzene rings is 1. The molecule has 3 aromatic rings. The zero-order valence-corrected chi connectivity index (χ0v) is 11.5. The number of rotatable bonds is 2. The number of nitro groups is 1. The summed E-state index contributed by atoms with van der Waals surface area (Å²) in [5.41, 5.74) is 0.874. The highest BCUT2D eigenvalue weighted by atomic mass is 35.5. The molecule has 0 saturated heterocycles. The molecule has 8 heteroatoms. The van der Waals surface area contributed by atoms with Gasteiger partial charge in [-0.2, -0.15) is 0 Å². The fourth-order valence-electron chi connectivity index (χ4n) is 2.08. The first-order valence-corrected chi connectivity index (χ1v) is 6.27. The van der Waals surface area contributed by atoms with E-state index in [-0.39, 0.29) is 5.82 Å². The Bertz CT molecular complexity index is 878. The Morgan fingerprint density at radius 3 is 2.81 bits per heavy atom. The lowest BCUT2D eigenvalue weighted by atomic mass is 10.2. The Labute approximate surface area is 123 Å². The van der Waals surface area contributed by atoms with Crippen LogP contribution < -0.4 is 0 Å². The summed E-state index contributed by atoms with van der Waals surface area (Å²) in [4.78, 5) is 18.6. The summed E-state index contributed by atoms with van der Waals surface area (Å²) in [6, 6.07) is 5.57. The molecule has 0 unspecified atom stereocenters. The molecule has 1 aromatic carbocycles. The molecule has 0 saturated carbocycles. The van der Waals surface area contributed by atoms with Crippen LogP contribution in [0.5, 0.6) is 0 Å². The summed E-state index contributed by atoms with van der Waals surface area (Å²) in [6.07, 6.45) is 1.15. The fraction of sp³-hybridized carbons (Fsp3) is 0.0769. The molecule has 2 aromatic heterocycles. The van der Waals surface area contributed by atoms with Gasteiger partial charge in [-0.3, -0.25) is 0 Å². The molecule has 21 heavy (non-hydrogen) atoms. The van der Waals surface area contributed by atoms with Crippen molar-refractivity contribution >= 4 is 28.3 Å². The van der Waals surface area contributed by atoms with E-state index in [9.17, 15) is 14.5 Å². The third-order valence-electron chi connectivity index (χ3n) is 3.10. The summed E-state index contributed by atoms with van der Waals surface area (Å²) in [7, 11) is 1.52. The number of fused-ring (bicyclic) bond motifs is 1. The number of aromatic nitrogens is 3. The minimum Gasteiger partial charge on any atom is -0.358 e. The van der Waals surface area contributed by atoms with Crippen LogP contribution in [0.2, 0.25) is 5.02 Å². The van der Waals surface area contributed by atoms with Crippen molar-refractivity contribution in [3.63, 3.8) is 0 Å². The van der Waals surface area contributed by atoms with E-state index in [2.05, 4.69) is 9.97 Å². The third kappa shape index (κ3) is 2.21. The van der Waals surface area contributed by atoms with Gasteiger partial charge in [-0.25, -0.2) is 18.9 Å². The van der Waals surface area contributed by atoms with Crippen LogP contribution in [0.15, 0.2) is 30.5 Å². The van der Waals surface area contributed by atoms with Crippen LogP contribution in [-0.2, 0) is 7.05 Å². The van der Waals surface area contributed by atoms with Crippen molar-refractivity contribution < 1.29 is 9.31 Å². The Kier molecular flexibility index (Phi) is 3.06. The van der Waals surface area contributed by atoms with E-state index in [0.29, 0.717) is 27.4 Å². The van der Waals surface area contributed by atoms with Crippen LogP contribution in [0.1, 0.15) is 0 Å². The molecule has 0 bridgehead atoms. The van der Waals surface area contributed by atoms with Crippen molar-refractivity contribution in [1.82, 2.24) is 14.5 Å². The van der Waals surface area contributed by atoms with Gasteiger partial charge in [-0.05, 0) is 29.2 Å². The number of imidazole rings is 1. The molecule has 0 radical (unpaired) electrons. The van der Waals surface area contributed by atoms with Crippen LogP contribution in [0, 0.1) is 15.9 Å². The zero-order valence-electron chi connectivity index (χ0n) is 10.7. The van der Waals surface area contributed by atoms with E-state index in [4.69, 9.17) is 11.6 Å². The first-order valence-electron chi connectivity index (χ1n) is 5.89. The molecule has 0 aliphatic carbocycles. The third-order valence-corrected chi connectivity index (χ3v) is 3.41. The smallest absolute Gasteiger partial charge is 0.342 e. The van der Waals surface area contributed by atoms with Crippen molar-refractivity contribution in [3.8, 4) is 11.5 Å². The van der Waals surface area contributed by atoms with E-state index >= 15 is 0 Å². The molecule has 0 aliphatic heterocycles. The highest BCUT2D eigenvalue weighted by Crippen LogP contribution is 2.29. The largest absolute Gasteiger partial charge is 0.358 e. The van der Waals surface area contributed by atoms with Gasteiger partial charge >= 0.3 is 5.82 Å². The molecule has 0 amide bonds. The molecular formula is C13H8ClFN4O2. The SMILES string of the molecule is Cn1c([N+](=O)[O-])cnc1-c1cc(Cl)c2cc(F)ccc2n1. The van der Waals surface area contributed by atoms with Gasteiger partial charge in [0.2, 0.25) is 5.82 Å². The van der Waals surface area contributed by atoms with E-state index in [0.717, 1.165) is 6.20 Å². The summed E-state index contributed by atoms with van der Waals surface area (Å²) in [5, 5.41) is 11.6. The number of halogens is 2. The van der Waals surface area contributed by atoms with E-state index in [1.807, 2.05) is 0 Å². The molecule has 0 fully saturated rings. The van der Waals surface area contributed by atoms with Gasteiger partial charge in [-0.15, -0.1) is 0 Å². The molecule has 0 atom stereocenters. The van der Waals surface area contributed by atoms with Crippen molar-refractivity contribution in [2.24, 2.45) is 7.05 Å². The second-order valence-corrected chi connectivity index (χ2v) is 4.81. The molecule has 3 rings (SSSR count). The van der Waals surface area contributed by atoms with Crippen molar-refractivity contribution in [2.75, 3.05) is 0 Å². The van der Waals surface area contributed by atoms with Gasteiger partial charge < -0.3 is 10.1 Å². The highest BCUT2D eigenvalue weighted by molar-refractivity contribution is 6.35. The van der Waals surface area contributed by atoms with Crippen molar-refractivity contribution in [2.45, 2.75) is 0 Å². The maximum Gasteiger partial charge on any atom is 0.342 e. The monoisotopic (exact) mass is 306 g/mol. The topological polar surface area (TPSA) is 73.8 Å². The van der Waals surface area contributed by atoms with Crippen LogP contribution in [-0.4, -0.2) is 19.5 Å².